The maximum absolute atomic E-state index is 12.5. The lowest BCUT2D eigenvalue weighted by Crippen LogP contribution is -2.23. The van der Waals surface area contributed by atoms with Crippen LogP contribution in [0.15, 0.2) is 67.0 Å². The first-order valence-corrected chi connectivity index (χ1v) is 8.67. The molecule has 0 spiro atoms. The maximum Gasteiger partial charge on any atom is 0.255 e. The highest BCUT2D eigenvalue weighted by atomic mass is 16.7. The number of hydrogen-bond donors (Lipinski definition) is 2. The van der Waals surface area contributed by atoms with Crippen LogP contribution in [0.3, 0.4) is 0 Å². The van der Waals surface area contributed by atoms with Gasteiger partial charge in [-0.1, -0.05) is 12.1 Å². The predicted octanol–water partition coefficient (Wildman–Crippen LogP) is 2.99. The molecule has 3 aromatic rings. The van der Waals surface area contributed by atoms with Crippen LogP contribution in [0.5, 0.6) is 11.5 Å². The third-order valence-corrected chi connectivity index (χ3v) is 4.20. The van der Waals surface area contributed by atoms with Gasteiger partial charge in [-0.2, -0.15) is 0 Å². The van der Waals surface area contributed by atoms with Crippen LogP contribution in [0.2, 0.25) is 0 Å². The van der Waals surface area contributed by atoms with Crippen molar-refractivity contribution < 1.29 is 19.1 Å². The van der Waals surface area contributed by atoms with Crippen LogP contribution in [0, 0.1) is 0 Å². The van der Waals surface area contributed by atoms with Crippen LogP contribution in [0.1, 0.15) is 26.3 Å². The van der Waals surface area contributed by atoms with Crippen molar-refractivity contribution >= 4 is 17.5 Å². The maximum atomic E-state index is 12.5. The molecule has 4 rings (SSSR count). The van der Waals surface area contributed by atoms with E-state index in [1.165, 1.54) is 6.20 Å². The number of fused-ring (bicyclic) bond motifs is 1. The lowest BCUT2D eigenvalue weighted by atomic mass is 10.1. The van der Waals surface area contributed by atoms with Gasteiger partial charge in [-0.3, -0.25) is 14.6 Å². The van der Waals surface area contributed by atoms with E-state index in [-0.39, 0.29) is 18.6 Å². The molecule has 2 aromatic carbocycles. The summed E-state index contributed by atoms with van der Waals surface area (Å²) in [7, 11) is 0. The van der Waals surface area contributed by atoms with E-state index in [1.807, 2.05) is 18.2 Å². The summed E-state index contributed by atoms with van der Waals surface area (Å²) in [6, 6.07) is 15.7. The van der Waals surface area contributed by atoms with Gasteiger partial charge >= 0.3 is 0 Å². The third kappa shape index (κ3) is 3.93. The molecule has 0 saturated heterocycles. The molecule has 7 heteroatoms. The molecule has 0 unspecified atom stereocenters. The highest BCUT2D eigenvalue weighted by Crippen LogP contribution is 2.32. The van der Waals surface area contributed by atoms with Crippen molar-refractivity contribution in [3.8, 4) is 11.5 Å². The number of hydrogen-bond acceptors (Lipinski definition) is 5. The number of nitrogens with zero attached hydrogens (tertiary/aromatic N) is 1. The Morgan fingerprint density at radius 2 is 1.82 bits per heavy atom. The van der Waals surface area contributed by atoms with Crippen molar-refractivity contribution in [2.45, 2.75) is 6.54 Å². The van der Waals surface area contributed by atoms with E-state index < -0.39 is 0 Å². The molecule has 0 radical (unpaired) electrons. The van der Waals surface area contributed by atoms with Crippen LogP contribution >= 0.6 is 0 Å². The standard InChI is InChI=1S/C21H17N3O4/c25-20(16-4-2-8-22-12-16)23-11-14-3-1-5-17(9-14)24-21(26)15-6-7-18-19(10-15)28-13-27-18/h1-10,12H,11,13H2,(H,23,25)(H,24,26). The Hall–Kier alpha value is -3.87. The Balaban J connectivity index is 1.39. The highest BCUT2D eigenvalue weighted by molar-refractivity contribution is 6.04. The van der Waals surface area contributed by atoms with E-state index >= 15 is 0 Å². The topological polar surface area (TPSA) is 89.6 Å². The lowest BCUT2D eigenvalue weighted by Gasteiger charge is -2.09. The second kappa shape index (κ2) is 7.79. The number of anilines is 1. The molecule has 0 saturated carbocycles. The molecule has 1 aliphatic heterocycles. The SMILES string of the molecule is O=C(NCc1cccc(NC(=O)c2ccc3c(c2)OCO3)c1)c1cccnc1. The molecule has 1 aliphatic rings. The van der Waals surface area contributed by atoms with Crippen molar-refractivity contribution in [1.82, 2.24) is 10.3 Å². The molecule has 2 N–H and O–H groups in total. The monoisotopic (exact) mass is 375 g/mol. The van der Waals surface area contributed by atoms with E-state index in [4.69, 9.17) is 9.47 Å². The zero-order valence-corrected chi connectivity index (χ0v) is 14.8. The van der Waals surface area contributed by atoms with E-state index in [0.717, 1.165) is 5.56 Å². The van der Waals surface area contributed by atoms with Gasteiger partial charge in [0.05, 0.1) is 5.56 Å². The minimum absolute atomic E-state index is 0.160. The minimum atomic E-state index is -0.255. The van der Waals surface area contributed by atoms with Gasteiger partial charge in [0.25, 0.3) is 11.8 Å². The summed E-state index contributed by atoms with van der Waals surface area (Å²) in [4.78, 5) is 28.5. The number of aromatic nitrogens is 1. The smallest absolute Gasteiger partial charge is 0.255 e. The fourth-order valence-corrected chi connectivity index (χ4v) is 2.78. The second-order valence-electron chi connectivity index (χ2n) is 6.15. The number of amides is 2. The molecule has 0 fully saturated rings. The lowest BCUT2D eigenvalue weighted by molar-refractivity contribution is 0.0949. The first-order chi connectivity index (χ1) is 13.7. The van der Waals surface area contributed by atoms with E-state index in [2.05, 4.69) is 15.6 Å². The van der Waals surface area contributed by atoms with Crippen LogP contribution < -0.4 is 20.1 Å². The summed E-state index contributed by atoms with van der Waals surface area (Å²) in [5, 5.41) is 5.68. The summed E-state index contributed by atoms with van der Waals surface area (Å²) in [5.74, 6) is 0.722. The molecule has 2 heterocycles. The van der Waals surface area contributed by atoms with Crippen molar-refractivity contribution in [2.75, 3.05) is 12.1 Å². The second-order valence-corrected chi connectivity index (χ2v) is 6.15. The van der Waals surface area contributed by atoms with Gasteiger partial charge < -0.3 is 20.1 Å². The quantitative estimate of drug-likeness (QED) is 0.716. The summed E-state index contributed by atoms with van der Waals surface area (Å²) in [5.41, 5.74) is 2.46. The molecule has 0 bridgehead atoms. The predicted molar refractivity (Wildman–Crippen MR) is 102 cm³/mol. The number of nitrogens with one attached hydrogen (secondary N) is 2. The van der Waals surface area contributed by atoms with Crippen LogP contribution in [0.25, 0.3) is 0 Å². The molecule has 140 valence electrons. The van der Waals surface area contributed by atoms with Crippen molar-refractivity contribution in [3.05, 3.63) is 83.7 Å². The van der Waals surface area contributed by atoms with E-state index in [1.54, 1.807) is 42.6 Å². The van der Waals surface area contributed by atoms with Gasteiger partial charge in [0.15, 0.2) is 11.5 Å². The van der Waals surface area contributed by atoms with E-state index in [0.29, 0.717) is 34.9 Å². The molecule has 28 heavy (non-hydrogen) atoms. The normalized spacial score (nSPS) is 11.7. The zero-order valence-electron chi connectivity index (χ0n) is 14.8. The number of ether oxygens (including phenoxy) is 2. The third-order valence-electron chi connectivity index (χ3n) is 4.20. The molecule has 2 amide bonds. The largest absolute Gasteiger partial charge is 0.454 e. The van der Waals surface area contributed by atoms with Crippen molar-refractivity contribution in [1.29, 1.82) is 0 Å². The van der Waals surface area contributed by atoms with Gasteiger partial charge in [0.1, 0.15) is 0 Å². The fraction of sp³-hybridized carbons (Fsp3) is 0.0952. The first-order valence-electron chi connectivity index (χ1n) is 8.67. The molecular formula is C21H17N3O4. The molecule has 1 aromatic heterocycles. The van der Waals surface area contributed by atoms with Gasteiger partial charge in [0.2, 0.25) is 6.79 Å². The number of carbonyl (C=O) groups is 2. The van der Waals surface area contributed by atoms with Gasteiger partial charge in [-0.15, -0.1) is 0 Å². The van der Waals surface area contributed by atoms with Crippen LogP contribution in [-0.2, 0) is 6.54 Å². The first kappa shape index (κ1) is 17.5. The van der Waals surface area contributed by atoms with Crippen molar-refractivity contribution in [2.24, 2.45) is 0 Å². The van der Waals surface area contributed by atoms with Gasteiger partial charge in [-0.25, -0.2) is 0 Å². The Kier molecular flexibility index (Phi) is 4.88. The Labute approximate surface area is 161 Å². The van der Waals surface area contributed by atoms with Crippen LogP contribution in [-0.4, -0.2) is 23.6 Å². The number of benzene rings is 2. The number of rotatable bonds is 5. The molecule has 0 atom stereocenters. The van der Waals surface area contributed by atoms with E-state index in [9.17, 15) is 9.59 Å². The summed E-state index contributed by atoms with van der Waals surface area (Å²) < 4.78 is 10.6. The average molecular weight is 375 g/mol. The van der Waals surface area contributed by atoms with Gasteiger partial charge in [-0.05, 0) is 48.0 Å². The average Bonchev–Trinajstić information content (AvgIpc) is 3.21. The van der Waals surface area contributed by atoms with Gasteiger partial charge in [0, 0.05) is 30.2 Å². The number of carbonyl (C=O) groups excluding carboxylic acids is 2. The molecular weight excluding hydrogens is 358 g/mol. The molecule has 0 aliphatic carbocycles. The fourth-order valence-electron chi connectivity index (χ4n) is 2.78. The summed E-state index contributed by atoms with van der Waals surface area (Å²) in [6.07, 6.45) is 3.13. The number of pyridine rings is 1. The Morgan fingerprint density at radius 1 is 0.929 bits per heavy atom. The Morgan fingerprint density at radius 3 is 2.68 bits per heavy atom. The summed E-state index contributed by atoms with van der Waals surface area (Å²) >= 11 is 0. The highest BCUT2D eigenvalue weighted by Gasteiger charge is 2.16. The van der Waals surface area contributed by atoms with Crippen LogP contribution in [0.4, 0.5) is 5.69 Å². The summed E-state index contributed by atoms with van der Waals surface area (Å²) in [6.45, 7) is 0.495. The van der Waals surface area contributed by atoms with Crippen molar-refractivity contribution in [3.63, 3.8) is 0 Å². The minimum Gasteiger partial charge on any atom is -0.454 e. The Bertz CT molecular complexity index is 1020. The molecule has 7 nitrogen and oxygen atoms in total. The zero-order chi connectivity index (χ0) is 19.3.